The summed E-state index contributed by atoms with van der Waals surface area (Å²) >= 11 is 0. The molecular weight excluding hydrogens is 437 g/mol. The van der Waals surface area contributed by atoms with E-state index in [1.165, 1.54) is 0 Å². The molecule has 0 atom stereocenters. The number of sulfonamides is 1. The third-order valence-corrected chi connectivity index (χ3v) is 5.62. The minimum Gasteiger partial charge on any atom is -0.406 e. The molecule has 8 nitrogen and oxygen atoms in total. The lowest BCUT2D eigenvalue weighted by Gasteiger charge is -2.10. The standard InChI is InChI=1S/C19H19F3N4O4S/c1-13-7-9-26-12-14(25-17(26)10-13)11-23-18(27)6-8-24-31(28,29)16-4-2-15(3-5-16)30-19(20,21)22/h2-5,7,9-10,12,24H,6,8,11H2,1H3,(H,23,27). The second kappa shape index (κ2) is 8.94. The summed E-state index contributed by atoms with van der Waals surface area (Å²) in [5.74, 6) is -0.919. The fraction of sp³-hybridized carbons (Fsp3) is 0.263. The molecule has 3 aromatic rings. The van der Waals surface area contributed by atoms with Crippen molar-refractivity contribution in [1.29, 1.82) is 0 Å². The Kier molecular flexibility index (Phi) is 6.51. The summed E-state index contributed by atoms with van der Waals surface area (Å²) in [6.45, 7) is 1.95. The maximum absolute atomic E-state index is 12.2. The zero-order valence-corrected chi connectivity index (χ0v) is 17.1. The van der Waals surface area contributed by atoms with Crippen molar-refractivity contribution < 1.29 is 31.1 Å². The van der Waals surface area contributed by atoms with Crippen LogP contribution in [0, 0.1) is 6.92 Å². The van der Waals surface area contributed by atoms with E-state index in [2.05, 4.69) is 19.8 Å². The molecule has 0 radical (unpaired) electrons. The van der Waals surface area contributed by atoms with Gasteiger partial charge in [-0.1, -0.05) is 0 Å². The van der Waals surface area contributed by atoms with Gasteiger partial charge >= 0.3 is 6.36 Å². The Morgan fingerprint density at radius 3 is 2.58 bits per heavy atom. The summed E-state index contributed by atoms with van der Waals surface area (Å²) in [5.41, 5.74) is 2.47. The van der Waals surface area contributed by atoms with Gasteiger partial charge in [0.2, 0.25) is 15.9 Å². The molecule has 12 heteroatoms. The molecule has 1 amide bonds. The first-order valence-electron chi connectivity index (χ1n) is 9.08. The molecule has 0 aliphatic rings. The summed E-state index contributed by atoms with van der Waals surface area (Å²) in [5, 5.41) is 2.66. The number of hydrogen-bond donors (Lipinski definition) is 2. The average molecular weight is 456 g/mol. The molecule has 2 N–H and O–H groups in total. The number of fused-ring (bicyclic) bond motifs is 1. The topological polar surface area (TPSA) is 102 Å². The molecule has 0 saturated heterocycles. The fourth-order valence-corrected chi connectivity index (χ4v) is 3.73. The molecular formula is C19H19F3N4O4S. The van der Waals surface area contributed by atoms with Crippen molar-refractivity contribution in [3.05, 3.63) is 60.0 Å². The molecule has 0 saturated carbocycles. The minimum atomic E-state index is -4.87. The molecule has 3 rings (SSSR count). The van der Waals surface area contributed by atoms with Crippen molar-refractivity contribution in [2.75, 3.05) is 6.54 Å². The number of imidazole rings is 1. The van der Waals surface area contributed by atoms with E-state index >= 15 is 0 Å². The first-order valence-corrected chi connectivity index (χ1v) is 10.6. The lowest BCUT2D eigenvalue weighted by atomic mass is 10.3. The van der Waals surface area contributed by atoms with E-state index in [0.29, 0.717) is 5.69 Å². The summed E-state index contributed by atoms with van der Waals surface area (Å²) < 4.78 is 68.6. The molecule has 1 aromatic carbocycles. The van der Waals surface area contributed by atoms with Crippen LogP contribution in [0.2, 0.25) is 0 Å². The molecule has 0 aliphatic heterocycles. The van der Waals surface area contributed by atoms with E-state index in [0.717, 1.165) is 35.5 Å². The maximum atomic E-state index is 12.2. The van der Waals surface area contributed by atoms with Crippen molar-refractivity contribution in [2.24, 2.45) is 0 Å². The van der Waals surface area contributed by atoms with Crippen LogP contribution in [-0.4, -0.2) is 36.6 Å². The third kappa shape index (κ3) is 6.43. The van der Waals surface area contributed by atoms with Crippen LogP contribution in [0.1, 0.15) is 17.7 Å². The Morgan fingerprint density at radius 2 is 1.90 bits per heavy atom. The van der Waals surface area contributed by atoms with Crippen LogP contribution >= 0.6 is 0 Å². The van der Waals surface area contributed by atoms with Crippen LogP contribution in [0.15, 0.2) is 53.7 Å². The molecule has 0 bridgehead atoms. The molecule has 0 spiro atoms. The molecule has 2 heterocycles. The van der Waals surface area contributed by atoms with Gasteiger partial charge in [0.25, 0.3) is 0 Å². The summed E-state index contributed by atoms with van der Waals surface area (Å²) in [6.07, 6.45) is -1.35. The normalized spacial score (nSPS) is 12.1. The number of hydrogen-bond acceptors (Lipinski definition) is 5. The summed E-state index contributed by atoms with van der Waals surface area (Å²) in [7, 11) is -3.99. The first kappa shape index (κ1) is 22.6. The monoisotopic (exact) mass is 456 g/mol. The van der Waals surface area contributed by atoms with Crippen LogP contribution in [-0.2, 0) is 21.4 Å². The number of rotatable bonds is 8. The van der Waals surface area contributed by atoms with Gasteiger partial charge in [0.05, 0.1) is 17.1 Å². The van der Waals surface area contributed by atoms with Crippen molar-refractivity contribution in [1.82, 2.24) is 19.4 Å². The lowest BCUT2D eigenvalue weighted by molar-refractivity contribution is -0.274. The van der Waals surface area contributed by atoms with E-state index in [-0.39, 0.29) is 30.3 Å². The number of ether oxygens (including phenoxy) is 1. The van der Waals surface area contributed by atoms with E-state index in [9.17, 15) is 26.4 Å². The number of nitrogens with zero attached hydrogens (tertiary/aromatic N) is 2. The van der Waals surface area contributed by atoms with Crippen LogP contribution < -0.4 is 14.8 Å². The van der Waals surface area contributed by atoms with Crippen LogP contribution in [0.3, 0.4) is 0 Å². The number of amides is 1. The van der Waals surface area contributed by atoms with E-state index < -0.39 is 22.1 Å². The van der Waals surface area contributed by atoms with Crippen LogP contribution in [0.4, 0.5) is 13.2 Å². The number of pyridine rings is 1. The maximum Gasteiger partial charge on any atom is 0.573 e. The predicted octanol–water partition coefficient (Wildman–Crippen LogP) is 2.53. The highest BCUT2D eigenvalue weighted by atomic mass is 32.2. The average Bonchev–Trinajstić information content (AvgIpc) is 3.07. The molecule has 2 aromatic heterocycles. The van der Waals surface area contributed by atoms with E-state index in [1.54, 1.807) is 6.20 Å². The van der Waals surface area contributed by atoms with Gasteiger partial charge in [0.1, 0.15) is 11.4 Å². The van der Waals surface area contributed by atoms with Crippen LogP contribution in [0.25, 0.3) is 5.65 Å². The van der Waals surface area contributed by atoms with Gasteiger partial charge in [0, 0.05) is 25.4 Å². The quantitative estimate of drug-likeness (QED) is 0.543. The molecule has 0 fully saturated rings. The number of nitrogens with one attached hydrogen (secondary N) is 2. The first-order chi connectivity index (χ1) is 14.5. The fourth-order valence-electron chi connectivity index (χ4n) is 2.70. The number of halogens is 3. The minimum absolute atomic E-state index is 0.124. The van der Waals surface area contributed by atoms with Gasteiger partial charge in [-0.05, 0) is 48.9 Å². The number of alkyl halides is 3. The number of aryl methyl sites for hydroxylation is 1. The number of carbonyl (C=O) groups is 1. The van der Waals surface area contributed by atoms with Crippen molar-refractivity contribution in [3.63, 3.8) is 0 Å². The molecule has 0 unspecified atom stereocenters. The molecule has 166 valence electrons. The lowest BCUT2D eigenvalue weighted by Crippen LogP contribution is -2.30. The van der Waals surface area contributed by atoms with Gasteiger partial charge in [0.15, 0.2) is 0 Å². The van der Waals surface area contributed by atoms with Crippen molar-refractivity contribution >= 4 is 21.6 Å². The second-order valence-corrected chi connectivity index (χ2v) is 8.41. The summed E-state index contributed by atoms with van der Waals surface area (Å²) in [4.78, 5) is 16.1. The van der Waals surface area contributed by atoms with Gasteiger partial charge in [-0.2, -0.15) is 0 Å². The second-order valence-electron chi connectivity index (χ2n) is 6.65. The highest BCUT2D eigenvalue weighted by Gasteiger charge is 2.31. The number of carbonyl (C=O) groups excluding carboxylic acids is 1. The van der Waals surface area contributed by atoms with Gasteiger partial charge in [-0.15, -0.1) is 13.2 Å². The van der Waals surface area contributed by atoms with E-state index in [1.807, 2.05) is 29.7 Å². The Bertz CT molecular complexity index is 1180. The highest BCUT2D eigenvalue weighted by Crippen LogP contribution is 2.23. The number of aromatic nitrogens is 2. The largest absolute Gasteiger partial charge is 0.573 e. The molecule has 31 heavy (non-hydrogen) atoms. The Morgan fingerprint density at radius 1 is 1.19 bits per heavy atom. The SMILES string of the molecule is Cc1ccn2cc(CNC(=O)CCNS(=O)(=O)c3ccc(OC(F)(F)F)cc3)nc2c1. The van der Waals surface area contributed by atoms with Gasteiger partial charge in [-0.25, -0.2) is 18.1 Å². The summed E-state index contributed by atoms with van der Waals surface area (Å²) in [6, 6.07) is 7.58. The Hall–Kier alpha value is -3.12. The van der Waals surface area contributed by atoms with Gasteiger partial charge in [-0.3, -0.25) is 4.79 Å². The van der Waals surface area contributed by atoms with Crippen molar-refractivity contribution in [2.45, 2.75) is 31.1 Å². The zero-order chi connectivity index (χ0) is 22.6. The number of benzene rings is 1. The third-order valence-electron chi connectivity index (χ3n) is 4.14. The van der Waals surface area contributed by atoms with Crippen LogP contribution in [0.5, 0.6) is 5.75 Å². The smallest absolute Gasteiger partial charge is 0.406 e. The Labute approximate surface area is 176 Å². The zero-order valence-electron chi connectivity index (χ0n) is 16.3. The van der Waals surface area contributed by atoms with Crippen molar-refractivity contribution in [3.8, 4) is 5.75 Å². The predicted molar refractivity (Wildman–Crippen MR) is 105 cm³/mol. The van der Waals surface area contributed by atoms with E-state index in [4.69, 9.17) is 0 Å². The van der Waals surface area contributed by atoms with Gasteiger partial charge < -0.3 is 14.5 Å². The Balaban J connectivity index is 1.47. The molecule has 0 aliphatic carbocycles. The highest BCUT2D eigenvalue weighted by molar-refractivity contribution is 7.89.